The van der Waals surface area contributed by atoms with Crippen LogP contribution < -0.4 is 10.0 Å². The molecule has 2 heterocycles. The molecule has 0 amide bonds. The van der Waals surface area contributed by atoms with Gasteiger partial charge >= 0.3 is 0 Å². The largest absolute Gasteiger partial charge is 0.369 e. The zero-order valence-electron chi connectivity index (χ0n) is 11.4. The van der Waals surface area contributed by atoms with Crippen LogP contribution in [-0.4, -0.2) is 29.5 Å². The van der Waals surface area contributed by atoms with E-state index in [1.807, 2.05) is 14.0 Å². The third-order valence-electron chi connectivity index (χ3n) is 2.75. The number of anilines is 1. The quantitative estimate of drug-likeness (QED) is 0.820. The van der Waals surface area contributed by atoms with Crippen LogP contribution >= 0.6 is 0 Å². The minimum absolute atomic E-state index is 0.131. The summed E-state index contributed by atoms with van der Waals surface area (Å²) < 4.78 is 28.9. The summed E-state index contributed by atoms with van der Waals surface area (Å²) >= 11 is 0. The van der Waals surface area contributed by atoms with E-state index >= 15 is 0 Å². The number of aryl methyl sites for hydroxylation is 1. The molecule has 2 aromatic rings. The van der Waals surface area contributed by atoms with Gasteiger partial charge in [0.15, 0.2) is 0 Å². The molecule has 20 heavy (non-hydrogen) atoms. The molecule has 0 bridgehead atoms. The van der Waals surface area contributed by atoms with Crippen LogP contribution in [0.3, 0.4) is 0 Å². The normalized spacial score (nSPS) is 11.5. The first kappa shape index (κ1) is 14.5. The minimum Gasteiger partial charge on any atom is -0.369 e. The average molecular weight is 295 g/mol. The van der Waals surface area contributed by atoms with Gasteiger partial charge in [0.1, 0.15) is 16.5 Å². The number of nitrogens with one attached hydrogen (secondary N) is 2. The van der Waals surface area contributed by atoms with Gasteiger partial charge in [-0.15, -0.1) is 0 Å². The highest BCUT2D eigenvalue weighted by Gasteiger charge is 2.19. The molecule has 0 saturated carbocycles. The molecule has 0 fully saturated rings. The van der Waals surface area contributed by atoms with Crippen LogP contribution in [0.5, 0.6) is 0 Å². The summed E-state index contributed by atoms with van der Waals surface area (Å²) in [6.45, 7) is 2.61. The van der Waals surface area contributed by atoms with Gasteiger partial charge in [-0.05, 0) is 19.1 Å². The maximum atomic E-state index is 12.3. The van der Waals surface area contributed by atoms with Gasteiger partial charge < -0.3 is 9.88 Å². The number of pyridine rings is 1. The highest BCUT2D eigenvalue weighted by molar-refractivity contribution is 7.89. The summed E-state index contributed by atoms with van der Waals surface area (Å²) in [7, 11) is -1.82. The van der Waals surface area contributed by atoms with Crippen molar-refractivity contribution in [1.82, 2.24) is 19.3 Å². The maximum Gasteiger partial charge on any atom is 0.244 e. The Balaban J connectivity index is 2.20. The summed E-state index contributed by atoms with van der Waals surface area (Å²) in [6, 6.07) is 3.11. The Labute approximate surface area is 118 Å². The molecule has 2 N–H and O–H groups in total. The Morgan fingerprint density at radius 2 is 2.10 bits per heavy atom. The van der Waals surface area contributed by atoms with Crippen LogP contribution in [0, 0.1) is 0 Å². The van der Waals surface area contributed by atoms with Gasteiger partial charge in [0, 0.05) is 32.2 Å². The Hall–Kier alpha value is -1.93. The third-order valence-corrected chi connectivity index (χ3v) is 4.18. The molecule has 8 heteroatoms. The number of hydrogen-bond acceptors (Lipinski definition) is 5. The van der Waals surface area contributed by atoms with E-state index in [-0.39, 0.29) is 11.4 Å². The number of rotatable bonds is 6. The standard InChI is InChI=1S/C12H17N5O2S/c1-3-13-12-10(5-4-6-15-12)20(18,19)16-9-11-14-7-8-17(11)2/h4-8,16H,3,9H2,1-2H3,(H,13,15). The first-order chi connectivity index (χ1) is 9.54. The molecule has 0 unspecified atom stereocenters. The Bertz CT molecular complexity index is 681. The second-order valence-electron chi connectivity index (χ2n) is 4.16. The number of nitrogens with zero attached hydrogens (tertiary/aromatic N) is 3. The summed E-state index contributed by atoms with van der Waals surface area (Å²) in [5.74, 6) is 0.991. The van der Waals surface area contributed by atoms with E-state index in [1.165, 1.54) is 6.07 Å². The zero-order chi connectivity index (χ0) is 14.6. The molecular weight excluding hydrogens is 278 g/mol. The number of aromatic nitrogens is 3. The fourth-order valence-electron chi connectivity index (χ4n) is 1.71. The first-order valence-electron chi connectivity index (χ1n) is 6.19. The van der Waals surface area contributed by atoms with E-state index in [0.717, 1.165) is 0 Å². The van der Waals surface area contributed by atoms with Gasteiger partial charge in [0.05, 0.1) is 6.54 Å². The SMILES string of the molecule is CCNc1ncccc1S(=O)(=O)NCc1nccn1C. The molecule has 0 saturated heterocycles. The van der Waals surface area contributed by atoms with Crippen LogP contribution in [0.15, 0.2) is 35.6 Å². The van der Waals surface area contributed by atoms with E-state index in [2.05, 4.69) is 20.0 Å². The second-order valence-corrected chi connectivity index (χ2v) is 5.89. The van der Waals surface area contributed by atoms with Crippen molar-refractivity contribution in [3.8, 4) is 0 Å². The van der Waals surface area contributed by atoms with Crippen LogP contribution in [0.25, 0.3) is 0 Å². The number of sulfonamides is 1. The van der Waals surface area contributed by atoms with E-state index in [1.54, 1.807) is 29.2 Å². The smallest absolute Gasteiger partial charge is 0.244 e. The van der Waals surface area contributed by atoms with E-state index in [0.29, 0.717) is 18.2 Å². The maximum absolute atomic E-state index is 12.3. The minimum atomic E-state index is -3.63. The summed E-state index contributed by atoms with van der Waals surface area (Å²) in [5.41, 5.74) is 0. The lowest BCUT2D eigenvalue weighted by atomic mass is 10.4. The lowest BCUT2D eigenvalue weighted by Crippen LogP contribution is -2.26. The van der Waals surface area contributed by atoms with Crippen LogP contribution in [0.1, 0.15) is 12.7 Å². The molecule has 0 atom stereocenters. The van der Waals surface area contributed by atoms with Gasteiger partial charge in [-0.1, -0.05) is 0 Å². The van der Waals surface area contributed by atoms with Crippen LogP contribution in [0.2, 0.25) is 0 Å². The zero-order valence-corrected chi connectivity index (χ0v) is 12.2. The topological polar surface area (TPSA) is 88.9 Å². The number of imidazole rings is 1. The molecular formula is C12H17N5O2S. The van der Waals surface area contributed by atoms with Gasteiger partial charge in [0.2, 0.25) is 10.0 Å². The van der Waals surface area contributed by atoms with Crippen molar-refractivity contribution in [3.63, 3.8) is 0 Å². The fourth-order valence-corrected chi connectivity index (χ4v) is 2.82. The lowest BCUT2D eigenvalue weighted by Gasteiger charge is -2.11. The Kier molecular flexibility index (Phi) is 4.35. The summed E-state index contributed by atoms with van der Waals surface area (Å²) in [5, 5.41) is 2.94. The molecule has 0 aromatic carbocycles. The molecule has 0 spiro atoms. The summed E-state index contributed by atoms with van der Waals surface area (Å²) in [6.07, 6.45) is 4.94. The molecule has 0 aliphatic rings. The molecule has 108 valence electrons. The van der Waals surface area contributed by atoms with Crippen molar-refractivity contribution in [2.24, 2.45) is 7.05 Å². The van der Waals surface area contributed by atoms with Crippen molar-refractivity contribution in [1.29, 1.82) is 0 Å². The van der Waals surface area contributed by atoms with Crippen LogP contribution in [0.4, 0.5) is 5.82 Å². The molecule has 0 aliphatic carbocycles. The van der Waals surface area contributed by atoms with Crippen molar-refractivity contribution in [3.05, 3.63) is 36.5 Å². The summed E-state index contributed by atoms with van der Waals surface area (Å²) in [4.78, 5) is 8.26. The van der Waals surface area contributed by atoms with Crippen molar-refractivity contribution >= 4 is 15.8 Å². The third kappa shape index (κ3) is 3.14. The monoisotopic (exact) mass is 295 g/mol. The van der Waals surface area contributed by atoms with Gasteiger partial charge in [-0.2, -0.15) is 0 Å². The molecule has 2 aromatic heterocycles. The first-order valence-corrected chi connectivity index (χ1v) is 7.67. The Morgan fingerprint density at radius 3 is 2.75 bits per heavy atom. The van der Waals surface area contributed by atoms with E-state index in [4.69, 9.17) is 0 Å². The highest BCUT2D eigenvalue weighted by atomic mass is 32.2. The molecule has 0 radical (unpaired) electrons. The molecule has 0 aliphatic heterocycles. The molecule has 7 nitrogen and oxygen atoms in total. The van der Waals surface area contributed by atoms with Gasteiger partial charge in [-0.3, -0.25) is 0 Å². The number of hydrogen-bond donors (Lipinski definition) is 2. The Morgan fingerprint density at radius 1 is 1.30 bits per heavy atom. The second kappa shape index (κ2) is 6.02. The van der Waals surface area contributed by atoms with Crippen molar-refractivity contribution in [2.75, 3.05) is 11.9 Å². The predicted molar refractivity (Wildman–Crippen MR) is 75.6 cm³/mol. The van der Waals surface area contributed by atoms with Gasteiger partial charge in [-0.25, -0.2) is 23.1 Å². The lowest BCUT2D eigenvalue weighted by molar-refractivity contribution is 0.577. The fraction of sp³-hybridized carbons (Fsp3) is 0.333. The van der Waals surface area contributed by atoms with Crippen LogP contribution in [-0.2, 0) is 23.6 Å². The van der Waals surface area contributed by atoms with Crippen molar-refractivity contribution in [2.45, 2.75) is 18.4 Å². The van der Waals surface area contributed by atoms with E-state index < -0.39 is 10.0 Å². The average Bonchev–Trinajstić information content (AvgIpc) is 2.83. The van der Waals surface area contributed by atoms with Gasteiger partial charge in [0.25, 0.3) is 0 Å². The molecule has 2 rings (SSSR count). The van der Waals surface area contributed by atoms with E-state index in [9.17, 15) is 8.42 Å². The predicted octanol–water partition coefficient (Wildman–Crippen LogP) is 0.725. The highest BCUT2D eigenvalue weighted by Crippen LogP contribution is 2.17. The van der Waals surface area contributed by atoms with Crippen molar-refractivity contribution < 1.29 is 8.42 Å².